The molecule has 3 rings (SSSR count). The zero-order valence-electron chi connectivity index (χ0n) is 13.0. The quantitative estimate of drug-likeness (QED) is 0.818. The largest absolute Gasteiger partial charge is 0.467 e. The molecule has 1 saturated heterocycles. The molecule has 2 atom stereocenters. The summed E-state index contributed by atoms with van der Waals surface area (Å²) in [4.78, 5) is 22.5. The number of hydrogen-bond acceptors (Lipinski definition) is 5. The molecule has 7 heteroatoms. The summed E-state index contributed by atoms with van der Waals surface area (Å²) in [6.07, 6.45) is 1.52. The summed E-state index contributed by atoms with van der Waals surface area (Å²) in [5.74, 6) is 0.354. The van der Waals surface area contributed by atoms with E-state index in [-0.39, 0.29) is 24.7 Å². The number of fused-ring (bicyclic) bond motifs is 1. The predicted molar refractivity (Wildman–Crippen MR) is 89.3 cm³/mol. The van der Waals surface area contributed by atoms with Gasteiger partial charge in [0.1, 0.15) is 6.33 Å². The van der Waals surface area contributed by atoms with Gasteiger partial charge in [0.25, 0.3) is 5.91 Å². The standard InChI is InChI=1S/C16H18BrN3O3/c1-10-6-20(7-11(2)23-10)15(21)8-22-16-13-5-12(17)3-4-14(13)18-9-19-16/h3-5,9-11H,6-8H2,1-2H3. The van der Waals surface area contributed by atoms with Crippen LogP contribution in [0.2, 0.25) is 0 Å². The lowest BCUT2D eigenvalue weighted by atomic mass is 10.2. The SMILES string of the molecule is CC1CN(C(=O)COc2ncnc3ccc(Br)cc23)CC(C)O1. The van der Waals surface area contributed by atoms with E-state index < -0.39 is 0 Å². The summed E-state index contributed by atoms with van der Waals surface area (Å²) >= 11 is 3.42. The topological polar surface area (TPSA) is 64.6 Å². The van der Waals surface area contributed by atoms with Crippen LogP contribution in [-0.2, 0) is 9.53 Å². The van der Waals surface area contributed by atoms with Crippen LogP contribution >= 0.6 is 15.9 Å². The molecular formula is C16H18BrN3O3. The maximum Gasteiger partial charge on any atom is 0.260 e. The first-order chi connectivity index (χ1) is 11.0. The number of amides is 1. The van der Waals surface area contributed by atoms with Crippen LogP contribution in [0.4, 0.5) is 0 Å². The maximum absolute atomic E-state index is 12.4. The molecule has 0 bridgehead atoms. The molecule has 0 N–H and O–H groups in total. The van der Waals surface area contributed by atoms with Crippen molar-refractivity contribution in [2.24, 2.45) is 0 Å². The van der Waals surface area contributed by atoms with Gasteiger partial charge < -0.3 is 14.4 Å². The highest BCUT2D eigenvalue weighted by Gasteiger charge is 2.26. The fourth-order valence-corrected chi connectivity index (χ4v) is 3.08. The Bertz CT molecular complexity index is 715. The summed E-state index contributed by atoms with van der Waals surface area (Å²) < 4.78 is 12.2. The highest BCUT2D eigenvalue weighted by Crippen LogP contribution is 2.25. The highest BCUT2D eigenvalue weighted by molar-refractivity contribution is 9.10. The summed E-state index contributed by atoms with van der Waals surface area (Å²) in [7, 11) is 0. The van der Waals surface area contributed by atoms with Crippen molar-refractivity contribution in [3.05, 3.63) is 29.0 Å². The van der Waals surface area contributed by atoms with Crippen LogP contribution in [0.3, 0.4) is 0 Å². The van der Waals surface area contributed by atoms with Crippen LogP contribution in [0.5, 0.6) is 5.88 Å². The molecule has 1 aliphatic heterocycles. The molecule has 0 aliphatic carbocycles. The molecular weight excluding hydrogens is 362 g/mol. The van der Waals surface area contributed by atoms with Crippen molar-refractivity contribution < 1.29 is 14.3 Å². The molecule has 2 unspecified atom stereocenters. The Morgan fingerprint density at radius 3 is 2.83 bits per heavy atom. The maximum atomic E-state index is 12.4. The number of benzene rings is 1. The van der Waals surface area contributed by atoms with Gasteiger partial charge in [-0.1, -0.05) is 15.9 Å². The zero-order valence-corrected chi connectivity index (χ0v) is 14.6. The summed E-state index contributed by atoms with van der Waals surface area (Å²) in [6, 6.07) is 5.66. The Labute approximate surface area is 142 Å². The highest BCUT2D eigenvalue weighted by atomic mass is 79.9. The third-order valence-electron chi connectivity index (χ3n) is 3.67. The van der Waals surface area contributed by atoms with E-state index in [0.717, 1.165) is 15.4 Å². The second-order valence-corrected chi connectivity index (χ2v) is 6.60. The van der Waals surface area contributed by atoms with E-state index in [4.69, 9.17) is 9.47 Å². The van der Waals surface area contributed by atoms with Gasteiger partial charge in [0, 0.05) is 17.6 Å². The number of aromatic nitrogens is 2. The second-order valence-electron chi connectivity index (χ2n) is 5.69. The first kappa shape index (κ1) is 16.1. The molecule has 0 radical (unpaired) electrons. The number of ether oxygens (including phenoxy) is 2. The fourth-order valence-electron chi connectivity index (χ4n) is 2.72. The van der Waals surface area contributed by atoms with Crippen molar-refractivity contribution in [2.75, 3.05) is 19.7 Å². The lowest BCUT2D eigenvalue weighted by molar-refractivity contribution is -0.145. The Kier molecular flexibility index (Phi) is 4.77. The van der Waals surface area contributed by atoms with Gasteiger partial charge >= 0.3 is 0 Å². The number of morpholine rings is 1. The smallest absolute Gasteiger partial charge is 0.260 e. The van der Waals surface area contributed by atoms with Gasteiger partial charge in [-0.05, 0) is 32.0 Å². The minimum absolute atomic E-state index is 0.0403. The van der Waals surface area contributed by atoms with E-state index in [0.29, 0.717) is 19.0 Å². The predicted octanol–water partition coefficient (Wildman–Crippen LogP) is 2.41. The van der Waals surface area contributed by atoms with Crippen LogP contribution in [0.15, 0.2) is 29.0 Å². The van der Waals surface area contributed by atoms with E-state index in [2.05, 4.69) is 25.9 Å². The number of hydrogen-bond donors (Lipinski definition) is 0. The van der Waals surface area contributed by atoms with E-state index >= 15 is 0 Å². The van der Waals surface area contributed by atoms with Crippen molar-refractivity contribution in [3.8, 4) is 5.88 Å². The van der Waals surface area contributed by atoms with Gasteiger partial charge in [-0.2, -0.15) is 0 Å². The van der Waals surface area contributed by atoms with Gasteiger partial charge in [-0.15, -0.1) is 0 Å². The molecule has 1 aromatic carbocycles. The number of rotatable bonds is 3. The average Bonchev–Trinajstić information content (AvgIpc) is 2.51. The average molecular weight is 380 g/mol. The van der Waals surface area contributed by atoms with Crippen LogP contribution < -0.4 is 4.74 Å². The molecule has 0 saturated carbocycles. The van der Waals surface area contributed by atoms with Gasteiger partial charge in [0.05, 0.1) is 23.1 Å². The third-order valence-corrected chi connectivity index (χ3v) is 4.16. The van der Waals surface area contributed by atoms with Crippen molar-refractivity contribution in [3.63, 3.8) is 0 Å². The Morgan fingerprint density at radius 1 is 1.35 bits per heavy atom. The monoisotopic (exact) mass is 379 g/mol. The van der Waals surface area contributed by atoms with Crippen molar-refractivity contribution in [1.29, 1.82) is 0 Å². The molecule has 2 heterocycles. The molecule has 1 amide bonds. The van der Waals surface area contributed by atoms with Crippen LogP contribution in [0.1, 0.15) is 13.8 Å². The Hall–Kier alpha value is -1.73. The third kappa shape index (κ3) is 3.79. The molecule has 2 aromatic rings. The molecule has 6 nitrogen and oxygen atoms in total. The zero-order chi connectivity index (χ0) is 16.4. The van der Waals surface area contributed by atoms with E-state index in [1.165, 1.54) is 6.33 Å². The molecule has 1 aliphatic rings. The summed E-state index contributed by atoms with van der Waals surface area (Å²) in [6.45, 7) is 5.06. The normalized spacial score (nSPS) is 21.4. The number of halogens is 1. The molecule has 23 heavy (non-hydrogen) atoms. The Balaban J connectivity index is 1.71. The van der Waals surface area contributed by atoms with E-state index in [1.54, 1.807) is 4.90 Å². The van der Waals surface area contributed by atoms with E-state index in [9.17, 15) is 4.79 Å². The minimum atomic E-state index is -0.0613. The van der Waals surface area contributed by atoms with Crippen LogP contribution in [0.25, 0.3) is 10.9 Å². The summed E-state index contributed by atoms with van der Waals surface area (Å²) in [5.41, 5.74) is 0.777. The van der Waals surface area contributed by atoms with E-state index in [1.807, 2.05) is 32.0 Å². The van der Waals surface area contributed by atoms with Crippen LogP contribution in [0, 0.1) is 0 Å². The number of carbonyl (C=O) groups excluding carboxylic acids is 1. The minimum Gasteiger partial charge on any atom is -0.467 e. The van der Waals surface area contributed by atoms with Gasteiger partial charge in [-0.25, -0.2) is 9.97 Å². The first-order valence-corrected chi connectivity index (χ1v) is 8.28. The lowest BCUT2D eigenvalue weighted by Gasteiger charge is -2.35. The Morgan fingerprint density at radius 2 is 2.09 bits per heavy atom. The van der Waals surface area contributed by atoms with Crippen molar-refractivity contribution >= 4 is 32.7 Å². The van der Waals surface area contributed by atoms with Crippen LogP contribution in [-0.4, -0.2) is 52.7 Å². The number of carbonyl (C=O) groups is 1. The lowest BCUT2D eigenvalue weighted by Crippen LogP contribution is -2.49. The number of nitrogens with zero attached hydrogens (tertiary/aromatic N) is 3. The first-order valence-electron chi connectivity index (χ1n) is 7.49. The van der Waals surface area contributed by atoms with Gasteiger partial charge in [0.2, 0.25) is 5.88 Å². The van der Waals surface area contributed by atoms with Crippen molar-refractivity contribution in [2.45, 2.75) is 26.1 Å². The molecule has 1 fully saturated rings. The molecule has 1 aromatic heterocycles. The molecule has 0 spiro atoms. The van der Waals surface area contributed by atoms with Gasteiger partial charge in [-0.3, -0.25) is 4.79 Å². The summed E-state index contributed by atoms with van der Waals surface area (Å²) in [5, 5.41) is 0.776. The fraction of sp³-hybridized carbons (Fsp3) is 0.438. The molecule has 122 valence electrons. The van der Waals surface area contributed by atoms with Gasteiger partial charge in [0.15, 0.2) is 6.61 Å². The second kappa shape index (κ2) is 6.80. The van der Waals surface area contributed by atoms with Crippen molar-refractivity contribution in [1.82, 2.24) is 14.9 Å².